The normalized spacial score (nSPS) is 10.3. The lowest BCUT2D eigenvalue weighted by Gasteiger charge is -2.06. The van der Waals surface area contributed by atoms with Gasteiger partial charge in [-0.2, -0.15) is 0 Å². The molecule has 2 aromatic carbocycles. The summed E-state index contributed by atoms with van der Waals surface area (Å²) in [6.07, 6.45) is 1.83. The summed E-state index contributed by atoms with van der Waals surface area (Å²) in [5.74, 6) is -0.472. The molecule has 0 aliphatic heterocycles. The van der Waals surface area contributed by atoms with Gasteiger partial charge in [0.25, 0.3) is 0 Å². The van der Waals surface area contributed by atoms with E-state index in [1.807, 2.05) is 42.5 Å². The summed E-state index contributed by atoms with van der Waals surface area (Å²) >= 11 is 0. The fraction of sp³-hybridized carbons (Fsp3) is 0.0526. The first-order valence-corrected chi connectivity index (χ1v) is 7.26. The van der Waals surface area contributed by atoms with Gasteiger partial charge in [-0.15, -0.1) is 0 Å². The molecule has 114 valence electrons. The molecular formula is C19H15FN2O. The number of carbonyl (C=O) groups excluding carboxylic acids is 1. The number of nitrogens with one attached hydrogen (secondary N) is 1. The Bertz CT molecular complexity index is 784. The lowest BCUT2D eigenvalue weighted by molar-refractivity contribution is -0.115. The molecule has 3 aromatic rings. The molecule has 0 aliphatic carbocycles. The number of amides is 1. The van der Waals surface area contributed by atoms with Crippen molar-refractivity contribution in [2.24, 2.45) is 0 Å². The Morgan fingerprint density at radius 3 is 2.35 bits per heavy atom. The molecule has 4 heteroatoms. The summed E-state index contributed by atoms with van der Waals surface area (Å²) < 4.78 is 12.8. The summed E-state index contributed by atoms with van der Waals surface area (Å²) in [6.45, 7) is 0. The summed E-state index contributed by atoms with van der Waals surface area (Å²) in [5.41, 5.74) is 3.27. The zero-order valence-electron chi connectivity index (χ0n) is 12.4. The molecule has 0 bridgehead atoms. The summed E-state index contributed by atoms with van der Waals surface area (Å²) in [6, 6.07) is 19.4. The fourth-order valence-corrected chi connectivity index (χ4v) is 2.24. The number of halogens is 1. The van der Waals surface area contributed by atoms with Crippen LogP contribution >= 0.6 is 0 Å². The second-order valence-electron chi connectivity index (χ2n) is 5.15. The van der Waals surface area contributed by atoms with Crippen LogP contribution in [0.2, 0.25) is 0 Å². The predicted molar refractivity (Wildman–Crippen MR) is 88.4 cm³/mol. The average molecular weight is 306 g/mol. The van der Waals surface area contributed by atoms with E-state index in [0.717, 1.165) is 16.8 Å². The Morgan fingerprint density at radius 2 is 1.70 bits per heavy atom. The van der Waals surface area contributed by atoms with Gasteiger partial charge in [-0.1, -0.05) is 42.5 Å². The summed E-state index contributed by atoms with van der Waals surface area (Å²) in [5, 5.41) is 2.79. The van der Waals surface area contributed by atoms with Crippen molar-refractivity contribution in [3.05, 3.63) is 84.3 Å². The predicted octanol–water partition coefficient (Wildman–Crippen LogP) is 4.07. The van der Waals surface area contributed by atoms with Crippen LogP contribution in [-0.2, 0) is 11.2 Å². The van der Waals surface area contributed by atoms with Gasteiger partial charge in [0.1, 0.15) is 5.82 Å². The van der Waals surface area contributed by atoms with E-state index in [1.54, 1.807) is 18.3 Å². The summed E-state index contributed by atoms with van der Waals surface area (Å²) in [7, 11) is 0. The molecule has 0 aliphatic rings. The zero-order valence-corrected chi connectivity index (χ0v) is 12.4. The van der Waals surface area contributed by atoms with Gasteiger partial charge in [0, 0.05) is 5.56 Å². The molecule has 0 saturated carbocycles. The topological polar surface area (TPSA) is 42.0 Å². The highest BCUT2D eigenvalue weighted by Crippen LogP contribution is 2.18. The largest absolute Gasteiger partial charge is 0.324 e. The molecular weight excluding hydrogens is 291 g/mol. The van der Waals surface area contributed by atoms with Crippen LogP contribution in [-0.4, -0.2) is 10.9 Å². The quantitative estimate of drug-likeness (QED) is 0.789. The van der Waals surface area contributed by atoms with Crippen molar-refractivity contribution < 1.29 is 9.18 Å². The van der Waals surface area contributed by atoms with Gasteiger partial charge in [0.2, 0.25) is 5.91 Å². The second kappa shape index (κ2) is 6.83. The summed E-state index contributed by atoms with van der Waals surface area (Å²) in [4.78, 5) is 16.3. The van der Waals surface area contributed by atoms with E-state index in [2.05, 4.69) is 10.3 Å². The SMILES string of the molecule is O=C(Cc1ccc(F)cc1)Nc1ccc(-c2ccccc2)nc1. The van der Waals surface area contributed by atoms with E-state index in [4.69, 9.17) is 0 Å². The monoisotopic (exact) mass is 306 g/mol. The number of aromatic nitrogens is 1. The highest BCUT2D eigenvalue weighted by Gasteiger charge is 2.05. The third-order valence-electron chi connectivity index (χ3n) is 3.39. The van der Waals surface area contributed by atoms with Crippen molar-refractivity contribution in [2.45, 2.75) is 6.42 Å². The van der Waals surface area contributed by atoms with Crippen LogP contribution < -0.4 is 5.32 Å². The molecule has 0 unspecified atom stereocenters. The second-order valence-corrected chi connectivity index (χ2v) is 5.15. The third kappa shape index (κ3) is 4.01. The molecule has 1 aromatic heterocycles. The van der Waals surface area contributed by atoms with Gasteiger partial charge in [-0.05, 0) is 29.8 Å². The highest BCUT2D eigenvalue weighted by atomic mass is 19.1. The third-order valence-corrected chi connectivity index (χ3v) is 3.39. The smallest absolute Gasteiger partial charge is 0.228 e. The van der Waals surface area contributed by atoms with Crippen LogP contribution in [0.5, 0.6) is 0 Å². The number of hydrogen-bond acceptors (Lipinski definition) is 2. The molecule has 3 rings (SSSR count). The Hall–Kier alpha value is -3.01. The minimum Gasteiger partial charge on any atom is -0.324 e. The van der Waals surface area contributed by atoms with Gasteiger partial charge < -0.3 is 5.32 Å². The van der Waals surface area contributed by atoms with Gasteiger partial charge in [-0.3, -0.25) is 9.78 Å². The highest BCUT2D eigenvalue weighted by molar-refractivity contribution is 5.92. The van der Waals surface area contributed by atoms with Crippen molar-refractivity contribution in [1.82, 2.24) is 4.98 Å². The minimum atomic E-state index is -0.310. The molecule has 0 saturated heterocycles. The molecule has 0 atom stereocenters. The Kier molecular flexibility index (Phi) is 4.43. The van der Waals surface area contributed by atoms with Gasteiger partial charge in [0.15, 0.2) is 0 Å². The standard InChI is InChI=1S/C19H15FN2O/c20-16-8-6-14(7-9-16)12-19(23)22-17-10-11-18(21-13-17)15-4-2-1-3-5-15/h1-11,13H,12H2,(H,22,23). The van der Waals surface area contributed by atoms with E-state index >= 15 is 0 Å². The maximum atomic E-state index is 12.8. The van der Waals surface area contributed by atoms with E-state index in [0.29, 0.717) is 5.69 Å². The minimum absolute atomic E-state index is 0.161. The molecule has 23 heavy (non-hydrogen) atoms. The van der Waals surface area contributed by atoms with E-state index in [9.17, 15) is 9.18 Å². The van der Waals surface area contributed by atoms with Crippen LogP contribution in [0.1, 0.15) is 5.56 Å². The maximum absolute atomic E-state index is 12.8. The molecule has 0 fully saturated rings. The number of pyridine rings is 1. The molecule has 1 heterocycles. The van der Waals surface area contributed by atoms with Crippen LogP contribution in [0, 0.1) is 5.82 Å². The number of anilines is 1. The van der Waals surface area contributed by atoms with Gasteiger partial charge in [-0.25, -0.2) is 4.39 Å². The van der Waals surface area contributed by atoms with Crippen molar-refractivity contribution in [3.8, 4) is 11.3 Å². The van der Waals surface area contributed by atoms with Crippen LogP contribution in [0.3, 0.4) is 0 Å². The Labute approximate surface area is 133 Å². The first-order chi connectivity index (χ1) is 11.2. The number of nitrogens with zero attached hydrogens (tertiary/aromatic N) is 1. The zero-order chi connectivity index (χ0) is 16.1. The number of rotatable bonds is 4. The average Bonchev–Trinajstić information content (AvgIpc) is 2.58. The van der Waals surface area contributed by atoms with Crippen LogP contribution in [0.15, 0.2) is 72.9 Å². The lowest BCUT2D eigenvalue weighted by atomic mass is 10.1. The molecule has 0 spiro atoms. The molecule has 1 N–H and O–H groups in total. The molecule has 0 radical (unpaired) electrons. The van der Waals surface area contributed by atoms with E-state index in [1.165, 1.54) is 12.1 Å². The van der Waals surface area contributed by atoms with Crippen molar-refractivity contribution in [1.29, 1.82) is 0 Å². The van der Waals surface area contributed by atoms with Crippen LogP contribution in [0.4, 0.5) is 10.1 Å². The fourth-order valence-electron chi connectivity index (χ4n) is 2.24. The van der Waals surface area contributed by atoms with E-state index < -0.39 is 0 Å². The number of hydrogen-bond donors (Lipinski definition) is 1. The first kappa shape index (κ1) is 14.9. The van der Waals surface area contributed by atoms with Crippen molar-refractivity contribution in [2.75, 3.05) is 5.32 Å². The van der Waals surface area contributed by atoms with E-state index in [-0.39, 0.29) is 18.1 Å². The Balaban J connectivity index is 1.64. The number of benzene rings is 2. The van der Waals surface area contributed by atoms with Gasteiger partial charge >= 0.3 is 0 Å². The Morgan fingerprint density at radius 1 is 0.957 bits per heavy atom. The molecule has 3 nitrogen and oxygen atoms in total. The number of carbonyl (C=O) groups is 1. The first-order valence-electron chi connectivity index (χ1n) is 7.26. The van der Waals surface area contributed by atoms with Crippen molar-refractivity contribution in [3.63, 3.8) is 0 Å². The lowest BCUT2D eigenvalue weighted by Crippen LogP contribution is -2.14. The van der Waals surface area contributed by atoms with Gasteiger partial charge in [0.05, 0.1) is 24.0 Å². The molecule has 1 amide bonds. The maximum Gasteiger partial charge on any atom is 0.228 e. The van der Waals surface area contributed by atoms with Crippen molar-refractivity contribution >= 4 is 11.6 Å². The van der Waals surface area contributed by atoms with Crippen LogP contribution in [0.25, 0.3) is 11.3 Å².